The Morgan fingerprint density at radius 3 is 2.00 bits per heavy atom. The van der Waals surface area contributed by atoms with Gasteiger partial charge >= 0.3 is 0 Å². The molecule has 0 heterocycles. The number of anilines is 2. The van der Waals surface area contributed by atoms with Crippen LogP contribution in [0.15, 0.2) is 72.8 Å². The first-order valence-electron chi connectivity index (χ1n) is 11.4. The summed E-state index contributed by atoms with van der Waals surface area (Å²) in [6.07, 6.45) is 1.02. The van der Waals surface area contributed by atoms with Crippen molar-refractivity contribution in [3.8, 4) is 0 Å². The van der Waals surface area contributed by atoms with E-state index in [1.54, 1.807) is 30.3 Å². The van der Waals surface area contributed by atoms with E-state index < -0.39 is 0 Å². The molecule has 2 amide bonds. The summed E-state index contributed by atoms with van der Waals surface area (Å²) in [6.45, 7) is 8.14. The van der Waals surface area contributed by atoms with Crippen molar-refractivity contribution in [1.29, 1.82) is 0 Å². The predicted molar refractivity (Wildman–Crippen MR) is 143 cm³/mol. The molecular formula is C28H31N3O2S. The smallest absolute Gasteiger partial charge is 0.255 e. The number of hydrogen-bond acceptors (Lipinski definition) is 3. The van der Waals surface area contributed by atoms with E-state index in [2.05, 4.69) is 41.9 Å². The number of carbonyl (C=O) groups excluding carboxylic acids is 2. The van der Waals surface area contributed by atoms with E-state index >= 15 is 0 Å². The summed E-state index contributed by atoms with van der Waals surface area (Å²) in [5.74, 6) is -0.0654. The molecule has 0 aliphatic rings. The fraction of sp³-hybridized carbons (Fsp3) is 0.250. The van der Waals surface area contributed by atoms with Gasteiger partial charge in [0.1, 0.15) is 0 Å². The number of aryl methyl sites for hydroxylation is 1. The maximum Gasteiger partial charge on any atom is 0.255 e. The minimum absolute atomic E-state index is 0.159. The van der Waals surface area contributed by atoms with Crippen LogP contribution in [0.25, 0.3) is 0 Å². The molecule has 0 spiro atoms. The SMILES string of the molecule is Cc1ccccc1C(=O)Nc1ccc(NC(=S)NC(=O)C(C)c2ccc(CC(C)C)cc2)cc1. The topological polar surface area (TPSA) is 70.2 Å². The molecule has 3 N–H and O–H groups in total. The van der Waals surface area contributed by atoms with Gasteiger partial charge in [-0.2, -0.15) is 0 Å². The lowest BCUT2D eigenvalue weighted by atomic mass is 9.96. The van der Waals surface area contributed by atoms with Crippen LogP contribution in [0.3, 0.4) is 0 Å². The van der Waals surface area contributed by atoms with Crippen molar-refractivity contribution < 1.29 is 9.59 Å². The lowest BCUT2D eigenvalue weighted by molar-refractivity contribution is -0.120. The van der Waals surface area contributed by atoms with Gasteiger partial charge in [0, 0.05) is 16.9 Å². The number of hydrogen-bond donors (Lipinski definition) is 3. The minimum atomic E-state index is -0.327. The van der Waals surface area contributed by atoms with Gasteiger partial charge in [-0.25, -0.2) is 0 Å². The van der Waals surface area contributed by atoms with E-state index in [4.69, 9.17) is 12.2 Å². The summed E-state index contributed by atoms with van der Waals surface area (Å²) in [5, 5.41) is 8.89. The molecule has 0 radical (unpaired) electrons. The Kier molecular flexibility index (Phi) is 8.55. The van der Waals surface area contributed by atoms with E-state index in [9.17, 15) is 9.59 Å². The summed E-state index contributed by atoms with van der Waals surface area (Å²) in [6, 6.07) is 22.8. The summed E-state index contributed by atoms with van der Waals surface area (Å²) in [5.41, 5.74) is 5.15. The van der Waals surface area contributed by atoms with Crippen molar-refractivity contribution in [2.75, 3.05) is 10.6 Å². The second-order valence-corrected chi connectivity index (χ2v) is 9.26. The first-order valence-corrected chi connectivity index (χ1v) is 11.8. The van der Waals surface area contributed by atoms with Gasteiger partial charge in [-0.15, -0.1) is 0 Å². The summed E-state index contributed by atoms with van der Waals surface area (Å²) in [4.78, 5) is 25.1. The molecule has 0 aliphatic heterocycles. The van der Waals surface area contributed by atoms with Gasteiger partial charge in [0.05, 0.1) is 5.92 Å². The molecule has 176 valence electrons. The van der Waals surface area contributed by atoms with Crippen LogP contribution in [-0.2, 0) is 11.2 Å². The van der Waals surface area contributed by atoms with Gasteiger partial charge in [0.2, 0.25) is 5.91 Å². The average Bonchev–Trinajstić information content (AvgIpc) is 2.80. The third-order valence-electron chi connectivity index (χ3n) is 5.54. The Balaban J connectivity index is 1.52. The molecule has 1 unspecified atom stereocenters. The van der Waals surface area contributed by atoms with E-state index in [0.29, 0.717) is 22.9 Å². The lowest BCUT2D eigenvalue weighted by Crippen LogP contribution is -2.36. The third kappa shape index (κ3) is 6.99. The Hall–Kier alpha value is -3.51. The van der Waals surface area contributed by atoms with Gasteiger partial charge in [-0.1, -0.05) is 56.3 Å². The Morgan fingerprint density at radius 2 is 1.41 bits per heavy atom. The lowest BCUT2D eigenvalue weighted by Gasteiger charge is -2.15. The molecule has 0 aliphatic carbocycles. The zero-order chi connectivity index (χ0) is 24.7. The number of thiocarbonyl (C=S) groups is 1. The fourth-order valence-electron chi connectivity index (χ4n) is 3.61. The van der Waals surface area contributed by atoms with Gasteiger partial charge in [-0.3, -0.25) is 9.59 Å². The van der Waals surface area contributed by atoms with Crippen molar-refractivity contribution in [3.63, 3.8) is 0 Å². The molecule has 6 heteroatoms. The van der Waals surface area contributed by atoms with Crippen molar-refractivity contribution in [1.82, 2.24) is 5.32 Å². The van der Waals surface area contributed by atoms with E-state index in [-0.39, 0.29) is 22.8 Å². The number of rotatable bonds is 7. The van der Waals surface area contributed by atoms with Crippen LogP contribution in [0.2, 0.25) is 0 Å². The molecule has 0 saturated heterocycles. The molecule has 0 aromatic heterocycles. The van der Waals surface area contributed by atoms with Crippen LogP contribution in [0.5, 0.6) is 0 Å². The van der Waals surface area contributed by atoms with E-state index in [0.717, 1.165) is 17.5 Å². The number of carbonyl (C=O) groups is 2. The normalized spacial score (nSPS) is 11.6. The highest BCUT2D eigenvalue weighted by atomic mass is 32.1. The molecule has 0 bridgehead atoms. The molecule has 3 aromatic rings. The van der Waals surface area contributed by atoms with Crippen LogP contribution in [-0.4, -0.2) is 16.9 Å². The second-order valence-electron chi connectivity index (χ2n) is 8.85. The van der Waals surface area contributed by atoms with Gasteiger partial charge in [-0.05, 0) is 85.4 Å². The predicted octanol–water partition coefficient (Wildman–Crippen LogP) is 6.06. The fourth-order valence-corrected chi connectivity index (χ4v) is 3.83. The Morgan fingerprint density at radius 1 is 0.824 bits per heavy atom. The largest absolute Gasteiger partial charge is 0.332 e. The molecule has 1 atom stereocenters. The molecule has 0 fully saturated rings. The Labute approximate surface area is 207 Å². The first-order chi connectivity index (χ1) is 16.2. The minimum Gasteiger partial charge on any atom is -0.332 e. The summed E-state index contributed by atoms with van der Waals surface area (Å²) < 4.78 is 0. The van der Waals surface area contributed by atoms with Crippen molar-refractivity contribution in [2.45, 2.75) is 40.0 Å². The highest BCUT2D eigenvalue weighted by Gasteiger charge is 2.16. The van der Waals surface area contributed by atoms with Crippen LogP contribution < -0.4 is 16.0 Å². The molecule has 5 nitrogen and oxygen atoms in total. The molecule has 0 saturated carbocycles. The Bertz CT molecular complexity index is 1160. The summed E-state index contributed by atoms with van der Waals surface area (Å²) in [7, 11) is 0. The van der Waals surface area contributed by atoms with Crippen molar-refractivity contribution >= 4 is 40.5 Å². The standard InChI is InChI=1S/C28H31N3O2S/c1-18(2)17-21-9-11-22(12-10-21)20(4)26(32)31-28(34)30-24-15-13-23(14-16-24)29-27(33)25-8-6-5-7-19(25)3/h5-16,18,20H,17H2,1-4H3,(H,29,33)(H2,30,31,32,34). The highest BCUT2D eigenvalue weighted by molar-refractivity contribution is 7.80. The van der Waals surface area contributed by atoms with Crippen LogP contribution in [0.4, 0.5) is 11.4 Å². The van der Waals surface area contributed by atoms with E-state index in [1.807, 2.05) is 44.2 Å². The number of amides is 2. The quantitative estimate of drug-likeness (QED) is 0.365. The molecular weight excluding hydrogens is 442 g/mol. The zero-order valence-electron chi connectivity index (χ0n) is 20.0. The van der Waals surface area contributed by atoms with Crippen LogP contribution >= 0.6 is 12.2 Å². The van der Waals surface area contributed by atoms with Crippen LogP contribution in [0.1, 0.15) is 53.7 Å². The van der Waals surface area contributed by atoms with E-state index in [1.165, 1.54) is 5.56 Å². The number of nitrogens with one attached hydrogen (secondary N) is 3. The molecule has 3 rings (SSSR count). The number of benzene rings is 3. The molecule has 3 aromatic carbocycles. The van der Waals surface area contributed by atoms with Gasteiger partial charge in [0.15, 0.2) is 5.11 Å². The summed E-state index contributed by atoms with van der Waals surface area (Å²) >= 11 is 5.32. The van der Waals surface area contributed by atoms with Crippen molar-refractivity contribution in [3.05, 3.63) is 95.1 Å². The maximum absolute atomic E-state index is 12.7. The monoisotopic (exact) mass is 473 g/mol. The van der Waals surface area contributed by atoms with Crippen molar-refractivity contribution in [2.24, 2.45) is 5.92 Å². The second kappa shape index (κ2) is 11.6. The maximum atomic E-state index is 12.7. The molecule has 34 heavy (non-hydrogen) atoms. The zero-order valence-corrected chi connectivity index (χ0v) is 20.8. The van der Waals surface area contributed by atoms with Gasteiger partial charge < -0.3 is 16.0 Å². The average molecular weight is 474 g/mol. The van der Waals surface area contributed by atoms with Gasteiger partial charge in [0.25, 0.3) is 5.91 Å². The van der Waals surface area contributed by atoms with Crippen LogP contribution in [0, 0.1) is 12.8 Å². The first kappa shape index (κ1) is 25.1. The third-order valence-corrected chi connectivity index (χ3v) is 5.75. The highest BCUT2D eigenvalue weighted by Crippen LogP contribution is 2.19.